The number of ether oxygens (including phenoxy) is 1. The number of rotatable bonds is 5. The molecule has 0 atom stereocenters. The second-order valence-corrected chi connectivity index (χ2v) is 8.15. The highest BCUT2D eigenvalue weighted by atomic mass is 32.2. The number of nitrogens with one attached hydrogen (secondary N) is 1. The van der Waals surface area contributed by atoms with Crippen molar-refractivity contribution >= 4 is 27.3 Å². The van der Waals surface area contributed by atoms with Crippen LogP contribution in [0.1, 0.15) is 10.4 Å². The van der Waals surface area contributed by atoms with Crippen molar-refractivity contribution in [3.05, 3.63) is 54.1 Å². The van der Waals surface area contributed by atoms with Gasteiger partial charge in [0.2, 0.25) is 10.0 Å². The van der Waals surface area contributed by atoms with Crippen LogP contribution in [-0.4, -0.2) is 58.8 Å². The van der Waals surface area contributed by atoms with E-state index in [1.54, 1.807) is 36.3 Å². The average molecular weight is 389 g/mol. The van der Waals surface area contributed by atoms with E-state index in [2.05, 4.69) is 9.62 Å². The molecule has 144 valence electrons. The largest absolute Gasteiger partial charge is 0.495 e. The fourth-order valence-electron chi connectivity index (χ4n) is 3.15. The van der Waals surface area contributed by atoms with Gasteiger partial charge < -0.3 is 14.5 Å². The van der Waals surface area contributed by atoms with Gasteiger partial charge in [0.25, 0.3) is 5.91 Å². The van der Waals surface area contributed by atoms with Crippen LogP contribution in [0.3, 0.4) is 0 Å². The van der Waals surface area contributed by atoms with Crippen LogP contribution in [0.5, 0.6) is 5.75 Å². The normalized spacial score (nSPS) is 14.7. The Hall–Kier alpha value is -2.74. The molecule has 8 heteroatoms. The number of carbonyl (C=O) groups is 1. The first-order valence-electron chi connectivity index (χ1n) is 8.62. The summed E-state index contributed by atoms with van der Waals surface area (Å²) in [5.74, 6) is 0.712. The standard InChI is InChI=1S/C19H23N3O4S/c1-26-18-9-4-3-8-17(18)21-10-12-22(13-11-21)19(23)15-6-5-7-16(14-15)20-27(2,24)25/h3-9,14,20H,10-13H2,1-2H3. The molecule has 1 heterocycles. The zero-order chi connectivity index (χ0) is 19.4. The van der Waals surface area contributed by atoms with Gasteiger partial charge in [-0.3, -0.25) is 9.52 Å². The van der Waals surface area contributed by atoms with Crippen LogP contribution < -0.4 is 14.4 Å². The maximum atomic E-state index is 12.8. The number of para-hydroxylation sites is 2. The number of hydrogen-bond donors (Lipinski definition) is 1. The van der Waals surface area contributed by atoms with Crippen molar-refractivity contribution in [2.45, 2.75) is 0 Å². The molecule has 1 saturated heterocycles. The second-order valence-electron chi connectivity index (χ2n) is 6.41. The molecule has 3 rings (SSSR count). The number of anilines is 2. The smallest absolute Gasteiger partial charge is 0.254 e. The summed E-state index contributed by atoms with van der Waals surface area (Å²) in [6.45, 7) is 2.57. The third-order valence-electron chi connectivity index (χ3n) is 4.41. The lowest BCUT2D eigenvalue weighted by Gasteiger charge is -2.36. The molecule has 0 radical (unpaired) electrons. The molecular weight excluding hydrogens is 366 g/mol. The second kappa shape index (κ2) is 7.87. The van der Waals surface area contributed by atoms with E-state index >= 15 is 0 Å². The number of sulfonamides is 1. The van der Waals surface area contributed by atoms with Gasteiger partial charge in [-0.05, 0) is 30.3 Å². The summed E-state index contributed by atoms with van der Waals surface area (Å²) in [4.78, 5) is 16.8. The highest BCUT2D eigenvalue weighted by molar-refractivity contribution is 7.92. The van der Waals surface area contributed by atoms with E-state index in [0.29, 0.717) is 37.4 Å². The lowest BCUT2D eigenvalue weighted by molar-refractivity contribution is 0.0746. The maximum absolute atomic E-state index is 12.8. The van der Waals surface area contributed by atoms with Crippen molar-refractivity contribution in [2.24, 2.45) is 0 Å². The molecule has 1 aliphatic rings. The Morgan fingerprint density at radius 1 is 1.04 bits per heavy atom. The summed E-state index contributed by atoms with van der Waals surface area (Å²) in [6.07, 6.45) is 1.08. The lowest BCUT2D eigenvalue weighted by atomic mass is 10.1. The van der Waals surface area contributed by atoms with Gasteiger partial charge in [0.05, 0.1) is 19.1 Å². The van der Waals surface area contributed by atoms with Crippen molar-refractivity contribution in [2.75, 3.05) is 49.2 Å². The first-order chi connectivity index (χ1) is 12.9. The Labute approximate surface area is 159 Å². The molecule has 2 aromatic carbocycles. The van der Waals surface area contributed by atoms with Gasteiger partial charge in [-0.1, -0.05) is 18.2 Å². The van der Waals surface area contributed by atoms with Crippen LogP contribution >= 0.6 is 0 Å². The van der Waals surface area contributed by atoms with Crippen molar-refractivity contribution in [1.29, 1.82) is 0 Å². The number of benzene rings is 2. The molecule has 0 spiro atoms. The van der Waals surface area contributed by atoms with Crippen LogP contribution in [0.25, 0.3) is 0 Å². The number of piperazine rings is 1. The molecule has 1 fully saturated rings. The van der Waals surface area contributed by atoms with E-state index < -0.39 is 10.0 Å². The summed E-state index contributed by atoms with van der Waals surface area (Å²) in [5, 5.41) is 0. The van der Waals surface area contributed by atoms with Crippen LogP contribution in [0, 0.1) is 0 Å². The van der Waals surface area contributed by atoms with Crippen LogP contribution in [0.2, 0.25) is 0 Å². The molecule has 7 nitrogen and oxygen atoms in total. The van der Waals surface area contributed by atoms with Gasteiger partial charge in [0, 0.05) is 37.4 Å². The number of nitrogens with zero attached hydrogens (tertiary/aromatic N) is 2. The summed E-state index contributed by atoms with van der Waals surface area (Å²) in [6, 6.07) is 14.4. The van der Waals surface area contributed by atoms with E-state index in [-0.39, 0.29) is 5.91 Å². The van der Waals surface area contributed by atoms with Crippen LogP contribution in [0.4, 0.5) is 11.4 Å². The Morgan fingerprint density at radius 2 is 1.74 bits per heavy atom. The zero-order valence-corrected chi connectivity index (χ0v) is 16.2. The monoisotopic (exact) mass is 389 g/mol. The van der Waals surface area contributed by atoms with E-state index in [0.717, 1.165) is 17.7 Å². The molecule has 0 unspecified atom stereocenters. The number of methoxy groups -OCH3 is 1. The topological polar surface area (TPSA) is 79.0 Å². The third kappa shape index (κ3) is 4.71. The van der Waals surface area contributed by atoms with Crippen molar-refractivity contribution in [3.63, 3.8) is 0 Å². The fraction of sp³-hybridized carbons (Fsp3) is 0.316. The first-order valence-corrected chi connectivity index (χ1v) is 10.5. The number of hydrogen-bond acceptors (Lipinski definition) is 5. The fourth-order valence-corrected chi connectivity index (χ4v) is 3.71. The highest BCUT2D eigenvalue weighted by Crippen LogP contribution is 2.28. The van der Waals surface area contributed by atoms with Gasteiger partial charge >= 0.3 is 0 Å². The number of carbonyl (C=O) groups excluding carboxylic acids is 1. The van der Waals surface area contributed by atoms with E-state index in [9.17, 15) is 13.2 Å². The molecule has 1 N–H and O–H groups in total. The maximum Gasteiger partial charge on any atom is 0.254 e. The van der Waals surface area contributed by atoms with Crippen LogP contribution in [0.15, 0.2) is 48.5 Å². The van der Waals surface area contributed by atoms with Crippen molar-refractivity contribution < 1.29 is 17.9 Å². The predicted molar refractivity (Wildman–Crippen MR) is 106 cm³/mol. The molecule has 0 aliphatic carbocycles. The van der Waals surface area contributed by atoms with Gasteiger partial charge in [-0.15, -0.1) is 0 Å². The van der Waals surface area contributed by atoms with Crippen molar-refractivity contribution in [1.82, 2.24) is 4.90 Å². The summed E-state index contributed by atoms with van der Waals surface area (Å²) < 4.78 is 30.6. The minimum Gasteiger partial charge on any atom is -0.495 e. The minimum atomic E-state index is -3.38. The van der Waals surface area contributed by atoms with Gasteiger partial charge in [-0.25, -0.2) is 8.42 Å². The Bertz CT molecular complexity index is 922. The molecule has 0 bridgehead atoms. The molecule has 1 amide bonds. The zero-order valence-electron chi connectivity index (χ0n) is 15.4. The summed E-state index contributed by atoms with van der Waals surface area (Å²) >= 11 is 0. The van der Waals surface area contributed by atoms with Crippen LogP contribution in [-0.2, 0) is 10.0 Å². The van der Waals surface area contributed by atoms with E-state index in [1.165, 1.54) is 0 Å². The molecule has 1 aliphatic heterocycles. The number of amides is 1. The van der Waals surface area contributed by atoms with Gasteiger partial charge in [0.15, 0.2) is 0 Å². The quantitative estimate of drug-likeness (QED) is 0.847. The van der Waals surface area contributed by atoms with Crippen molar-refractivity contribution in [3.8, 4) is 5.75 Å². The third-order valence-corrected chi connectivity index (χ3v) is 5.01. The molecule has 27 heavy (non-hydrogen) atoms. The van der Waals surface area contributed by atoms with Gasteiger partial charge in [-0.2, -0.15) is 0 Å². The average Bonchev–Trinajstić information content (AvgIpc) is 2.66. The molecule has 2 aromatic rings. The minimum absolute atomic E-state index is 0.105. The summed E-state index contributed by atoms with van der Waals surface area (Å²) in [7, 11) is -1.73. The molecular formula is C19H23N3O4S. The predicted octanol–water partition coefficient (Wildman–Crippen LogP) is 2.03. The lowest BCUT2D eigenvalue weighted by Crippen LogP contribution is -2.48. The SMILES string of the molecule is COc1ccccc1N1CCN(C(=O)c2cccc(NS(C)(=O)=O)c2)CC1. The molecule has 0 saturated carbocycles. The first kappa shape index (κ1) is 19.0. The van der Waals surface area contributed by atoms with E-state index in [4.69, 9.17) is 4.74 Å². The Morgan fingerprint density at radius 3 is 2.41 bits per heavy atom. The highest BCUT2D eigenvalue weighted by Gasteiger charge is 2.24. The van der Waals surface area contributed by atoms with Gasteiger partial charge in [0.1, 0.15) is 5.75 Å². The summed E-state index contributed by atoms with van der Waals surface area (Å²) in [5.41, 5.74) is 1.87. The molecule has 0 aromatic heterocycles. The van der Waals surface area contributed by atoms with E-state index in [1.807, 2.05) is 24.3 Å². The Balaban J connectivity index is 1.67. The Kier molecular flexibility index (Phi) is 5.55.